The fourth-order valence-electron chi connectivity index (χ4n) is 3.68. The van der Waals surface area contributed by atoms with Crippen molar-refractivity contribution in [1.82, 2.24) is 10.2 Å². The van der Waals surface area contributed by atoms with Crippen LogP contribution in [0.4, 0.5) is 0 Å². The maximum Gasteiger partial charge on any atom is 0.0233 e. The highest BCUT2D eigenvalue weighted by molar-refractivity contribution is 5.27. The van der Waals surface area contributed by atoms with Crippen molar-refractivity contribution in [3.63, 3.8) is 0 Å². The molecule has 1 aliphatic heterocycles. The monoisotopic (exact) mass is 316 g/mol. The number of benzene rings is 1. The van der Waals surface area contributed by atoms with E-state index in [2.05, 4.69) is 69.1 Å². The van der Waals surface area contributed by atoms with Crippen molar-refractivity contribution in [2.45, 2.75) is 71.9 Å². The van der Waals surface area contributed by atoms with Gasteiger partial charge in [-0.25, -0.2) is 0 Å². The summed E-state index contributed by atoms with van der Waals surface area (Å²) < 4.78 is 0. The van der Waals surface area contributed by atoms with E-state index in [9.17, 15) is 0 Å². The zero-order chi connectivity index (χ0) is 16.9. The largest absolute Gasteiger partial charge is 0.315 e. The van der Waals surface area contributed by atoms with Crippen LogP contribution in [-0.2, 0) is 12.0 Å². The molecule has 0 aliphatic carbocycles. The van der Waals surface area contributed by atoms with Crippen LogP contribution in [-0.4, -0.2) is 30.6 Å². The average molecular weight is 317 g/mol. The molecule has 2 nitrogen and oxygen atoms in total. The maximum atomic E-state index is 3.55. The molecule has 130 valence electrons. The standard InChI is InChI=1S/C21H36N2/c1-6-22-17(2)15-18-11-13-23(14-12-18)16-19-7-9-20(10-8-19)21(3,4)5/h7-10,17-18,22H,6,11-16H2,1-5H3. The summed E-state index contributed by atoms with van der Waals surface area (Å²) in [5.41, 5.74) is 3.13. The second-order valence-corrected chi connectivity index (χ2v) is 8.36. The molecule has 2 rings (SSSR count). The lowest BCUT2D eigenvalue weighted by Crippen LogP contribution is -2.36. The fourth-order valence-corrected chi connectivity index (χ4v) is 3.68. The minimum absolute atomic E-state index is 0.250. The van der Waals surface area contributed by atoms with Gasteiger partial charge in [-0.1, -0.05) is 52.0 Å². The Morgan fingerprint density at radius 3 is 2.26 bits per heavy atom. The molecule has 0 aromatic heterocycles. The van der Waals surface area contributed by atoms with E-state index >= 15 is 0 Å². The molecule has 1 aromatic rings. The van der Waals surface area contributed by atoms with E-state index < -0.39 is 0 Å². The molecule has 0 saturated carbocycles. The molecule has 1 heterocycles. The first-order valence-corrected chi connectivity index (χ1v) is 9.43. The zero-order valence-corrected chi connectivity index (χ0v) is 15.9. The lowest BCUT2D eigenvalue weighted by molar-refractivity contribution is 0.166. The van der Waals surface area contributed by atoms with Gasteiger partial charge in [0.15, 0.2) is 0 Å². The molecule has 23 heavy (non-hydrogen) atoms. The highest BCUT2D eigenvalue weighted by Gasteiger charge is 2.21. The van der Waals surface area contributed by atoms with Crippen LogP contribution in [0.2, 0.25) is 0 Å². The number of nitrogens with one attached hydrogen (secondary N) is 1. The van der Waals surface area contributed by atoms with Crippen LogP contribution in [0.1, 0.15) is 65.0 Å². The van der Waals surface area contributed by atoms with Gasteiger partial charge in [0.1, 0.15) is 0 Å². The van der Waals surface area contributed by atoms with Crippen LogP contribution in [0.3, 0.4) is 0 Å². The molecule has 0 bridgehead atoms. The van der Waals surface area contributed by atoms with Gasteiger partial charge in [-0.3, -0.25) is 4.90 Å². The van der Waals surface area contributed by atoms with Crippen molar-refractivity contribution < 1.29 is 0 Å². The van der Waals surface area contributed by atoms with E-state index in [1.165, 1.54) is 43.5 Å². The third-order valence-corrected chi connectivity index (χ3v) is 5.17. The van der Waals surface area contributed by atoms with Crippen molar-refractivity contribution >= 4 is 0 Å². The van der Waals surface area contributed by atoms with Crippen molar-refractivity contribution in [2.24, 2.45) is 5.92 Å². The molecular weight excluding hydrogens is 280 g/mol. The molecule has 1 N–H and O–H groups in total. The van der Waals surface area contributed by atoms with Gasteiger partial charge in [0.25, 0.3) is 0 Å². The second kappa shape index (κ2) is 8.30. The molecule has 1 aromatic carbocycles. The molecule has 1 saturated heterocycles. The second-order valence-electron chi connectivity index (χ2n) is 8.36. The number of hydrogen-bond acceptors (Lipinski definition) is 2. The molecule has 1 aliphatic rings. The summed E-state index contributed by atoms with van der Waals surface area (Å²) in [5.74, 6) is 0.906. The Morgan fingerprint density at radius 1 is 1.13 bits per heavy atom. The summed E-state index contributed by atoms with van der Waals surface area (Å²) >= 11 is 0. The van der Waals surface area contributed by atoms with Crippen molar-refractivity contribution in [3.05, 3.63) is 35.4 Å². The molecule has 1 fully saturated rings. The van der Waals surface area contributed by atoms with E-state index in [0.29, 0.717) is 6.04 Å². The first-order chi connectivity index (χ1) is 10.9. The molecule has 1 atom stereocenters. The Bertz CT molecular complexity index is 450. The molecule has 0 radical (unpaired) electrons. The Labute approximate surface area is 143 Å². The maximum absolute atomic E-state index is 3.55. The quantitative estimate of drug-likeness (QED) is 0.826. The SMILES string of the molecule is CCNC(C)CC1CCN(Cc2ccc(C(C)(C)C)cc2)CC1. The number of piperidine rings is 1. The van der Waals surface area contributed by atoms with Crippen LogP contribution >= 0.6 is 0 Å². The normalized spacial score (nSPS) is 19.0. The predicted molar refractivity (Wildman–Crippen MR) is 101 cm³/mol. The summed E-state index contributed by atoms with van der Waals surface area (Å²) in [7, 11) is 0. The van der Waals surface area contributed by atoms with E-state index in [0.717, 1.165) is 19.0 Å². The summed E-state index contributed by atoms with van der Waals surface area (Å²) in [6.45, 7) is 16.1. The third-order valence-electron chi connectivity index (χ3n) is 5.17. The molecule has 0 spiro atoms. The highest BCUT2D eigenvalue weighted by atomic mass is 15.1. The van der Waals surface area contributed by atoms with Crippen molar-refractivity contribution in [1.29, 1.82) is 0 Å². The van der Waals surface area contributed by atoms with Gasteiger partial charge in [0.2, 0.25) is 0 Å². The fraction of sp³-hybridized carbons (Fsp3) is 0.714. The third kappa shape index (κ3) is 5.93. The Balaban J connectivity index is 1.78. The van der Waals surface area contributed by atoms with Crippen LogP contribution in [0.15, 0.2) is 24.3 Å². The highest BCUT2D eigenvalue weighted by Crippen LogP contribution is 2.25. The van der Waals surface area contributed by atoms with E-state index in [4.69, 9.17) is 0 Å². The van der Waals surface area contributed by atoms with Crippen molar-refractivity contribution in [3.8, 4) is 0 Å². The van der Waals surface area contributed by atoms with Gasteiger partial charge in [-0.05, 0) is 68.3 Å². The van der Waals surface area contributed by atoms with Crippen LogP contribution < -0.4 is 5.32 Å². The number of nitrogens with zero attached hydrogens (tertiary/aromatic N) is 1. The van der Waals surface area contributed by atoms with Crippen LogP contribution in [0.25, 0.3) is 0 Å². The number of likely N-dealkylation sites (tertiary alicyclic amines) is 1. The van der Waals surface area contributed by atoms with Crippen LogP contribution in [0, 0.1) is 5.92 Å². The number of hydrogen-bond donors (Lipinski definition) is 1. The van der Waals surface area contributed by atoms with Crippen molar-refractivity contribution in [2.75, 3.05) is 19.6 Å². The van der Waals surface area contributed by atoms with Gasteiger partial charge in [-0.15, -0.1) is 0 Å². The minimum atomic E-state index is 0.250. The zero-order valence-electron chi connectivity index (χ0n) is 15.9. The van der Waals surface area contributed by atoms with E-state index in [-0.39, 0.29) is 5.41 Å². The number of rotatable bonds is 6. The molecular formula is C21H36N2. The summed E-state index contributed by atoms with van der Waals surface area (Å²) in [4.78, 5) is 2.63. The summed E-state index contributed by atoms with van der Waals surface area (Å²) in [6, 6.07) is 9.92. The summed E-state index contributed by atoms with van der Waals surface area (Å²) in [6.07, 6.45) is 4.05. The Hall–Kier alpha value is -0.860. The van der Waals surface area contributed by atoms with E-state index in [1.54, 1.807) is 0 Å². The first-order valence-electron chi connectivity index (χ1n) is 9.43. The van der Waals surface area contributed by atoms with Gasteiger partial charge in [-0.2, -0.15) is 0 Å². The van der Waals surface area contributed by atoms with E-state index in [1.807, 2.05) is 0 Å². The van der Waals surface area contributed by atoms with Gasteiger partial charge < -0.3 is 5.32 Å². The van der Waals surface area contributed by atoms with Gasteiger partial charge >= 0.3 is 0 Å². The lowest BCUT2D eigenvalue weighted by Gasteiger charge is -2.33. The molecule has 2 heteroatoms. The van der Waals surface area contributed by atoms with Gasteiger partial charge in [0, 0.05) is 12.6 Å². The minimum Gasteiger partial charge on any atom is -0.315 e. The van der Waals surface area contributed by atoms with Crippen LogP contribution in [0.5, 0.6) is 0 Å². The smallest absolute Gasteiger partial charge is 0.0233 e. The topological polar surface area (TPSA) is 15.3 Å². The molecule has 0 amide bonds. The predicted octanol–water partition coefficient (Wildman–Crippen LogP) is 4.58. The average Bonchev–Trinajstić information content (AvgIpc) is 2.49. The Morgan fingerprint density at radius 2 is 1.74 bits per heavy atom. The molecule has 1 unspecified atom stereocenters. The van der Waals surface area contributed by atoms with Gasteiger partial charge in [0.05, 0.1) is 0 Å². The summed E-state index contributed by atoms with van der Waals surface area (Å²) in [5, 5.41) is 3.55. The first kappa shape index (κ1) is 18.5. The lowest BCUT2D eigenvalue weighted by atomic mass is 9.86. The Kier molecular flexibility index (Phi) is 6.67.